The third-order valence-electron chi connectivity index (χ3n) is 3.62. The Morgan fingerprint density at radius 3 is 2.12 bits per heavy atom. The molecule has 0 saturated carbocycles. The number of hydrogen-bond donors (Lipinski definition) is 0. The maximum Gasteiger partial charge on any atom is 0.417 e. The lowest BCUT2D eigenvalue weighted by Crippen LogP contribution is -2.08. The van der Waals surface area contributed by atoms with E-state index in [9.17, 15) is 31.1 Å². The second-order valence-corrected chi connectivity index (χ2v) is 5.34. The minimum absolute atomic E-state index is 0.0616. The van der Waals surface area contributed by atoms with Gasteiger partial charge >= 0.3 is 12.4 Å². The Bertz CT molecular complexity index is 1010. The van der Waals surface area contributed by atoms with E-state index >= 15 is 0 Å². The molecule has 0 aliphatic carbocycles. The lowest BCUT2D eigenvalue weighted by atomic mass is 10.1. The van der Waals surface area contributed by atoms with Crippen LogP contribution in [0.3, 0.4) is 0 Å². The van der Waals surface area contributed by atoms with Crippen LogP contribution in [0.2, 0.25) is 0 Å². The highest BCUT2D eigenvalue weighted by molar-refractivity contribution is 5.86. The van der Waals surface area contributed by atoms with E-state index in [0.29, 0.717) is 18.5 Å². The van der Waals surface area contributed by atoms with E-state index in [0.717, 1.165) is 6.07 Å². The predicted molar refractivity (Wildman–Crippen MR) is 77.1 cm³/mol. The Morgan fingerprint density at radius 2 is 1.54 bits per heavy atom. The molecule has 0 unspecified atom stereocenters. The number of rotatable bonds is 2. The summed E-state index contributed by atoms with van der Waals surface area (Å²) in [5, 5.41) is 0. The first-order valence-corrected chi connectivity index (χ1v) is 6.95. The number of fused-ring (bicyclic) bond motifs is 1. The first-order valence-electron chi connectivity index (χ1n) is 6.95. The van der Waals surface area contributed by atoms with Gasteiger partial charge in [-0.1, -0.05) is 0 Å². The topological polar surface area (TPSA) is 60.7 Å². The lowest BCUT2D eigenvalue weighted by Gasteiger charge is -2.09. The van der Waals surface area contributed by atoms with E-state index in [2.05, 4.69) is 15.0 Å². The van der Waals surface area contributed by atoms with Crippen LogP contribution in [0.15, 0.2) is 24.5 Å². The van der Waals surface area contributed by atoms with Crippen LogP contribution in [0.4, 0.5) is 26.3 Å². The van der Waals surface area contributed by atoms with E-state index in [1.165, 1.54) is 11.6 Å². The summed E-state index contributed by atoms with van der Waals surface area (Å²) in [4.78, 5) is 22.5. The fraction of sp³-hybridized carbons (Fsp3) is 0.200. The van der Waals surface area contributed by atoms with Gasteiger partial charge in [-0.3, -0.25) is 9.78 Å². The highest BCUT2D eigenvalue weighted by Crippen LogP contribution is 2.33. The smallest absolute Gasteiger partial charge is 0.311 e. The molecule has 3 rings (SSSR count). The van der Waals surface area contributed by atoms with Crippen molar-refractivity contribution in [3.05, 3.63) is 41.2 Å². The number of halogens is 6. The number of carbonyl (C=O) groups is 1. The van der Waals surface area contributed by atoms with Crippen molar-refractivity contribution >= 4 is 17.5 Å². The largest absolute Gasteiger partial charge is 0.417 e. The second-order valence-electron chi connectivity index (χ2n) is 5.34. The number of alkyl halides is 6. The molecule has 0 amide bonds. The van der Waals surface area contributed by atoms with Gasteiger partial charge in [0.1, 0.15) is 11.2 Å². The van der Waals surface area contributed by atoms with Crippen LogP contribution in [-0.4, -0.2) is 25.8 Å². The Hall–Kier alpha value is -2.98. The summed E-state index contributed by atoms with van der Waals surface area (Å²) in [5.41, 5.74) is -2.80. The van der Waals surface area contributed by atoms with Gasteiger partial charge in [-0.25, -0.2) is 9.97 Å². The van der Waals surface area contributed by atoms with Gasteiger partial charge in [-0.15, -0.1) is 0 Å². The van der Waals surface area contributed by atoms with Crippen molar-refractivity contribution in [2.24, 2.45) is 7.05 Å². The molecule has 3 aromatic rings. The van der Waals surface area contributed by atoms with Crippen LogP contribution in [0.25, 0.3) is 22.7 Å². The van der Waals surface area contributed by atoms with Gasteiger partial charge in [-0.05, 0) is 12.1 Å². The summed E-state index contributed by atoms with van der Waals surface area (Å²) in [6.07, 6.45) is -8.01. The number of hydrogen-bond acceptors (Lipinski definition) is 4. The highest BCUT2D eigenvalue weighted by Gasteiger charge is 2.33. The van der Waals surface area contributed by atoms with E-state index in [-0.39, 0.29) is 29.0 Å². The molecular weight excluding hydrogens is 366 g/mol. The van der Waals surface area contributed by atoms with Crippen molar-refractivity contribution in [2.45, 2.75) is 12.4 Å². The van der Waals surface area contributed by atoms with Crippen molar-refractivity contribution in [3.8, 4) is 11.5 Å². The summed E-state index contributed by atoms with van der Waals surface area (Å²) in [6.45, 7) is 0. The van der Waals surface area contributed by atoms with Crippen molar-refractivity contribution in [3.63, 3.8) is 0 Å². The Balaban J connectivity index is 2.19. The zero-order valence-corrected chi connectivity index (χ0v) is 12.9. The highest BCUT2D eigenvalue weighted by atomic mass is 19.4. The summed E-state index contributed by atoms with van der Waals surface area (Å²) in [6, 6.07) is 1.36. The molecule has 11 heteroatoms. The quantitative estimate of drug-likeness (QED) is 0.505. The summed E-state index contributed by atoms with van der Waals surface area (Å²) >= 11 is 0. The maximum atomic E-state index is 12.8. The van der Waals surface area contributed by atoms with Crippen molar-refractivity contribution in [1.29, 1.82) is 0 Å². The molecule has 5 nitrogen and oxygen atoms in total. The monoisotopic (exact) mass is 374 g/mol. The summed E-state index contributed by atoms with van der Waals surface area (Å²) < 4.78 is 77.8. The van der Waals surface area contributed by atoms with E-state index in [4.69, 9.17) is 0 Å². The van der Waals surface area contributed by atoms with Crippen molar-refractivity contribution in [2.75, 3.05) is 0 Å². The van der Waals surface area contributed by atoms with E-state index < -0.39 is 29.0 Å². The molecule has 3 heterocycles. The van der Waals surface area contributed by atoms with Gasteiger partial charge in [0.25, 0.3) is 0 Å². The molecule has 0 saturated heterocycles. The predicted octanol–water partition coefficient (Wildman–Crippen LogP) is 3.88. The molecular formula is C15H8F6N4O. The molecule has 0 radical (unpaired) electrons. The van der Waals surface area contributed by atoms with Gasteiger partial charge in [0.2, 0.25) is 0 Å². The van der Waals surface area contributed by atoms with Crippen LogP contribution in [0.1, 0.15) is 21.5 Å². The average Bonchev–Trinajstić information content (AvgIpc) is 2.89. The lowest BCUT2D eigenvalue weighted by molar-refractivity contribution is -0.138. The number of pyridine rings is 2. The van der Waals surface area contributed by atoms with Crippen LogP contribution in [-0.2, 0) is 19.4 Å². The average molecular weight is 374 g/mol. The van der Waals surface area contributed by atoms with Crippen LogP contribution in [0, 0.1) is 0 Å². The first-order chi connectivity index (χ1) is 12.0. The Morgan fingerprint density at radius 1 is 0.962 bits per heavy atom. The van der Waals surface area contributed by atoms with Gasteiger partial charge in [0.15, 0.2) is 17.8 Å². The van der Waals surface area contributed by atoms with Crippen molar-refractivity contribution < 1.29 is 31.1 Å². The molecule has 0 spiro atoms. The maximum absolute atomic E-state index is 12.8. The molecule has 0 aromatic carbocycles. The zero-order chi connectivity index (χ0) is 19.3. The fourth-order valence-electron chi connectivity index (χ4n) is 2.36. The fourth-order valence-corrected chi connectivity index (χ4v) is 2.36. The number of carbonyl (C=O) groups excluding carboxylic acids is 1. The van der Waals surface area contributed by atoms with Crippen LogP contribution >= 0.6 is 0 Å². The normalized spacial score (nSPS) is 12.6. The zero-order valence-electron chi connectivity index (χ0n) is 12.9. The molecule has 0 bridgehead atoms. The minimum atomic E-state index is -4.70. The second kappa shape index (κ2) is 5.78. The number of aromatic nitrogens is 4. The molecule has 0 aliphatic heterocycles. The first kappa shape index (κ1) is 17.8. The number of nitrogens with zero attached hydrogens (tertiary/aromatic N) is 4. The molecule has 3 aromatic heterocycles. The molecule has 136 valence electrons. The van der Waals surface area contributed by atoms with Crippen LogP contribution < -0.4 is 0 Å². The van der Waals surface area contributed by atoms with E-state index in [1.807, 2.05) is 0 Å². The molecule has 0 atom stereocenters. The molecule has 0 N–H and O–H groups in total. The third kappa shape index (κ3) is 3.00. The number of aldehydes is 1. The van der Waals surface area contributed by atoms with Crippen LogP contribution in [0.5, 0.6) is 0 Å². The van der Waals surface area contributed by atoms with E-state index in [1.54, 1.807) is 0 Å². The summed E-state index contributed by atoms with van der Waals surface area (Å²) in [5.74, 6) is -0.0809. The SMILES string of the molecule is Cn1c(-c2ncc(C(F)(F)F)cc2C=O)nc2cc(C(F)(F)F)cnc21. The van der Waals surface area contributed by atoms with Gasteiger partial charge < -0.3 is 4.57 Å². The van der Waals surface area contributed by atoms with Gasteiger partial charge in [0.05, 0.1) is 11.1 Å². The van der Waals surface area contributed by atoms with Gasteiger partial charge in [-0.2, -0.15) is 26.3 Å². The molecule has 0 aliphatic rings. The molecule has 26 heavy (non-hydrogen) atoms. The Labute approximate surface area is 141 Å². The minimum Gasteiger partial charge on any atom is -0.311 e. The molecule has 0 fully saturated rings. The summed E-state index contributed by atoms with van der Waals surface area (Å²) in [7, 11) is 1.40. The number of aryl methyl sites for hydroxylation is 1. The Kier molecular flexibility index (Phi) is 3.97. The van der Waals surface area contributed by atoms with Gasteiger partial charge in [0, 0.05) is 25.0 Å². The standard InChI is InChI=1S/C15H8F6N4O/c1-25-12-10(3-9(5-23-12)15(19,20)21)24-13(25)11-7(6-26)2-8(4-22-11)14(16,17)18/h2-6H,1H3. The van der Waals surface area contributed by atoms with Crippen molar-refractivity contribution in [1.82, 2.24) is 19.5 Å². The number of imidazole rings is 1. The third-order valence-corrected chi connectivity index (χ3v) is 3.62.